The van der Waals surface area contributed by atoms with Gasteiger partial charge in [0.25, 0.3) is 5.69 Å². The van der Waals surface area contributed by atoms with E-state index < -0.39 is 0 Å². The minimum Gasteiger partial charge on any atom is -0.377 e. The monoisotopic (exact) mass is 299 g/mol. The fourth-order valence-electron chi connectivity index (χ4n) is 2.22. The Labute approximate surface area is 120 Å². The number of nitrogens with one attached hydrogen (secondary N) is 1. The van der Waals surface area contributed by atoms with Crippen molar-refractivity contribution in [3.63, 3.8) is 0 Å². The SMILES string of the molecule is Cc1cc(NC2CCN(P)CC2)c([N+](=O)[O-])cc1S. The highest BCUT2D eigenvalue weighted by Gasteiger charge is 2.21. The van der Waals surface area contributed by atoms with Crippen LogP contribution in [-0.2, 0) is 0 Å². The second kappa shape index (κ2) is 6.07. The van der Waals surface area contributed by atoms with E-state index in [-0.39, 0.29) is 10.6 Å². The molecule has 0 amide bonds. The van der Waals surface area contributed by atoms with E-state index in [2.05, 4.69) is 32.0 Å². The summed E-state index contributed by atoms with van der Waals surface area (Å²) in [5.41, 5.74) is 1.64. The van der Waals surface area contributed by atoms with Gasteiger partial charge >= 0.3 is 0 Å². The normalized spacial score (nSPS) is 17.4. The van der Waals surface area contributed by atoms with Crippen molar-refractivity contribution in [1.82, 2.24) is 4.67 Å². The Bertz CT molecular complexity index is 490. The first kappa shape index (κ1) is 14.6. The lowest BCUT2D eigenvalue weighted by Crippen LogP contribution is -2.34. The fourth-order valence-corrected chi connectivity index (χ4v) is 2.70. The van der Waals surface area contributed by atoms with Crippen molar-refractivity contribution >= 4 is 33.4 Å². The molecule has 1 heterocycles. The minimum atomic E-state index is -0.355. The third kappa shape index (κ3) is 3.59. The molecule has 0 aliphatic carbocycles. The number of hydrogen-bond acceptors (Lipinski definition) is 5. The summed E-state index contributed by atoms with van der Waals surface area (Å²) in [4.78, 5) is 11.4. The van der Waals surface area contributed by atoms with Gasteiger partial charge in [0.2, 0.25) is 0 Å². The zero-order valence-corrected chi connectivity index (χ0v) is 12.8. The van der Waals surface area contributed by atoms with Crippen molar-refractivity contribution in [3.05, 3.63) is 27.8 Å². The van der Waals surface area contributed by atoms with E-state index in [0.717, 1.165) is 31.5 Å². The molecular weight excluding hydrogens is 281 g/mol. The Balaban J connectivity index is 2.19. The molecule has 104 valence electrons. The maximum Gasteiger partial charge on any atom is 0.293 e. The fraction of sp³-hybridized carbons (Fsp3) is 0.500. The van der Waals surface area contributed by atoms with E-state index in [1.165, 1.54) is 6.07 Å². The molecule has 0 spiro atoms. The Morgan fingerprint density at radius 2 is 2.11 bits per heavy atom. The van der Waals surface area contributed by atoms with Gasteiger partial charge in [0, 0.05) is 30.1 Å². The van der Waals surface area contributed by atoms with Crippen LogP contribution in [0.4, 0.5) is 11.4 Å². The quantitative estimate of drug-likeness (QED) is 0.390. The summed E-state index contributed by atoms with van der Waals surface area (Å²) in [7, 11) is 2.70. The average Bonchev–Trinajstić information content (AvgIpc) is 2.36. The third-order valence-corrected chi connectivity index (χ3v) is 4.40. The van der Waals surface area contributed by atoms with Crippen LogP contribution >= 0.6 is 22.0 Å². The van der Waals surface area contributed by atoms with Gasteiger partial charge in [0.05, 0.1) is 4.92 Å². The van der Waals surface area contributed by atoms with Crippen LogP contribution in [0.15, 0.2) is 17.0 Å². The van der Waals surface area contributed by atoms with E-state index in [0.29, 0.717) is 16.6 Å². The average molecular weight is 299 g/mol. The number of nitro groups is 1. The van der Waals surface area contributed by atoms with Crippen LogP contribution in [0.2, 0.25) is 0 Å². The standard InChI is InChI=1S/C12H18N3O2PS/c1-8-6-10(11(15(16)17)7-12(8)19)13-9-2-4-14(18)5-3-9/h6-7,9,13,19H,2-5,18H2,1H3. The van der Waals surface area contributed by atoms with Gasteiger partial charge in [-0.25, -0.2) is 0 Å². The lowest BCUT2D eigenvalue weighted by Gasteiger charge is -2.29. The van der Waals surface area contributed by atoms with Crippen LogP contribution in [0.25, 0.3) is 0 Å². The largest absolute Gasteiger partial charge is 0.377 e. The maximum absolute atomic E-state index is 11.1. The number of thiol groups is 1. The molecular formula is C12H18N3O2PS. The minimum absolute atomic E-state index is 0.101. The van der Waals surface area contributed by atoms with Crippen molar-refractivity contribution in [1.29, 1.82) is 0 Å². The molecule has 1 aromatic rings. The number of rotatable bonds is 3. The molecule has 1 unspecified atom stereocenters. The molecule has 1 atom stereocenters. The molecule has 1 aromatic carbocycles. The molecule has 1 N–H and O–H groups in total. The molecule has 1 aliphatic rings. The van der Waals surface area contributed by atoms with Crippen molar-refractivity contribution in [2.45, 2.75) is 30.7 Å². The van der Waals surface area contributed by atoms with Gasteiger partial charge in [-0.1, -0.05) is 9.39 Å². The van der Waals surface area contributed by atoms with Gasteiger partial charge in [-0.3, -0.25) is 14.8 Å². The predicted molar refractivity (Wildman–Crippen MR) is 83.0 cm³/mol. The number of piperidine rings is 1. The van der Waals surface area contributed by atoms with Crippen LogP contribution in [0.5, 0.6) is 0 Å². The molecule has 7 heteroatoms. The lowest BCUT2D eigenvalue weighted by atomic mass is 10.1. The Morgan fingerprint density at radius 3 is 2.68 bits per heavy atom. The summed E-state index contributed by atoms with van der Waals surface area (Å²) in [6, 6.07) is 3.62. The molecule has 1 saturated heterocycles. The molecule has 0 aromatic heterocycles. The first-order chi connectivity index (χ1) is 8.97. The second-order valence-corrected chi connectivity index (χ2v) is 6.08. The smallest absolute Gasteiger partial charge is 0.293 e. The van der Waals surface area contributed by atoms with Gasteiger partial charge in [0.15, 0.2) is 0 Å². The number of hydrogen-bond donors (Lipinski definition) is 2. The topological polar surface area (TPSA) is 58.4 Å². The summed E-state index contributed by atoms with van der Waals surface area (Å²) >= 11 is 4.25. The highest BCUT2D eigenvalue weighted by atomic mass is 32.1. The highest BCUT2D eigenvalue weighted by molar-refractivity contribution is 7.80. The zero-order chi connectivity index (χ0) is 14.0. The number of aryl methyl sites for hydroxylation is 1. The van der Waals surface area contributed by atoms with E-state index in [1.54, 1.807) is 0 Å². The van der Waals surface area contributed by atoms with Crippen molar-refractivity contribution in [3.8, 4) is 0 Å². The lowest BCUT2D eigenvalue weighted by molar-refractivity contribution is -0.384. The first-order valence-corrected chi connectivity index (χ1v) is 7.18. The van der Waals surface area contributed by atoms with Gasteiger partial charge in [-0.2, -0.15) is 0 Å². The third-order valence-electron chi connectivity index (χ3n) is 3.40. The predicted octanol–water partition coefficient (Wildman–Crippen LogP) is 2.86. The Morgan fingerprint density at radius 1 is 1.47 bits per heavy atom. The van der Waals surface area contributed by atoms with Crippen molar-refractivity contribution in [2.24, 2.45) is 0 Å². The van der Waals surface area contributed by atoms with E-state index >= 15 is 0 Å². The summed E-state index contributed by atoms with van der Waals surface area (Å²) in [5, 5.41) is 14.4. The molecule has 1 fully saturated rings. The second-order valence-electron chi connectivity index (χ2n) is 4.87. The van der Waals surface area contributed by atoms with Crippen molar-refractivity contribution < 1.29 is 4.92 Å². The summed E-state index contributed by atoms with van der Waals surface area (Å²) in [6.45, 7) is 3.88. The summed E-state index contributed by atoms with van der Waals surface area (Å²) < 4.78 is 2.19. The van der Waals surface area contributed by atoms with E-state index in [9.17, 15) is 10.1 Å². The van der Waals surface area contributed by atoms with Crippen molar-refractivity contribution in [2.75, 3.05) is 18.4 Å². The number of nitro benzene ring substituents is 1. The first-order valence-electron chi connectivity index (χ1n) is 6.21. The number of anilines is 1. The Kier molecular flexibility index (Phi) is 4.66. The van der Waals surface area contributed by atoms with Gasteiger partial charge in [0.1, 0.15) is 5.69 Å². The number of benzene rings is 1. The molecule has 0 bridgehead atoms. The molecule has 19 heavy (non-hydrogen) atoms. The molecule has 5 nitrogen and oxygen atoms in total. The van der Waals surface area contributed by atoms with Crippen LogP contribution in [0.1, 0.15) is 18.4 Å². The van der Waals surface area contributed by atoms with E-state index in [4.69, 9.17) is 0 Å². The van der Waals surface area contributed by atoms with Gasteiger partial charge in [-0.15, -0.1) is 12.6 Å². The van der Waals surface area contributed by atoms with Gasteiger partial charge < -0.3 is 5.32 Å². The molecule has 2 rings (SSSR count). The van der Waals surface area contributed by atoms with Crippen LogP contribution in [-0.4, -0.2) is 28.7 Å². The zero-order valence-electron chi connectivity index (χ0n) is 10.8. The van der Waals surface area contributed by atoms with E-state index in [1.807, 2.05) is 13.0 Å². The maximum atomic E-state index is 11.1. The number of nitrogens with zero attached hydrogens (tertiary/aromatic N) is 2. The summed E-state index contributed by atoms with van der Waals surface area (Å²) in [6.07, 6.45) is 1.98. The van der Waals surface area contributed by atoms with Crippen LogP contribution in [0.3, 0.4) is 0 Å². The van der Waals surface area contributed by atoms with Gasteiger partial charge in [-0.05, 0) is 31.4 Å². The van der Waals surface area contributed by atoms with Crippen LogP contribution in [0, 0.1) is 17.0 Å². The Hall–Kier alpha value is -0.840. The molecule has 0 saturated carbocycles. The highest BCUT2D eigenvalue weighted by Crippen LogP contribution is 2.31. The van der Waals surface area contributed by atoms with Crippen LogP contribution < -0.4 is 5.32 Å². The molecule has 1 aliphatic heterocycles. The summed E-state index contributed by atoms with van der Waals surface area (Å²) in [5.74, 6) is 0. The molecule has 0 radical (unpaired) electrons.